The maximum atomic E-state index is 9.28. The summed E-state index contributed by atoms with van der Waals surface area (Å²) >= 11 is 0. The molecule has 0 fully saturated rings. The Labute approximate surface area is 133 Å². The van der Waals surface area contributed by atoms with Crippen molar-refractivity contribution in [3.05, 3.63) is 53.9 Å². The van der Waals surface area contributed by atoms with Crippen LogP contribution < -0.4 is 0 Å². The fourth-order valence-electron chi connectivity index (χ4n) is 2.96. The number of aromatic nitrogens is 4. The number of aryl methyl sites for hydroxylation is 1. The van der Waals surface area contributed by atoms with Crippen molar-refractivity contribution in [2.24, 2.45) is 7.05 Å². The van der Waals surface area contributed by atoms with Crippen LogP contribution in [0.4, 0.5) is 0 Å². The molecular formula is C17H14N6. The summed E-state index contributed by atoms with van der Waals surface area (Å²) in [5, 5.41) is 22.4. The summed E-state index contributed by atoms with van der Waals surface area (Å²) in [6, 6.07) is 9.97. The summed E-state index contributed by atoms with van der Waals surface area (Å²) in [6.07, 6.45) is 5.93. The monoisotopic (exact) mass is 302 g/mol. The highest BCUT2D eigenvalue weighted by Crippen LogP contribution is 2.35. The number of hydrogen-bond acceptors (Lipinski definition) is 5. The Bertz CT molecular complexity index is 907. The van der Waals surface area contributed by atoms with Crippen LogP contribution in [0, 0.1) is 11.5 Å². The van der Waals surface area contributed by atoms with Gasteiger partial charge in [0, 0.05) is 35.5 Å². The summed E-state index contributed by atoms with van der Waals surface area (Å²) < 4.78 is 1.74. The van der Waals surface area contributed by atoms with Gasteiger partial charge >= 0.3 is 0 Å². The van der Waals surface area contributed by atoms with Crippen molar-refractivity contribution in [3.8, 4) is 28.7 Å². The van der Waals surface area contributed by atoms with Gasteiger partial charge in [0.1, 0.15) is 5.69 Å². The first-order valence-electron chi connectivity index (χ1n) is 7.34. The fraction of sp³-hybridized carbons (Fsp3) is 0.176. The summed E-state index contributed by atoms with van der Waals surface area (Å²) in [6.45, 7) is 1.13. The molecule has 3 aromatic rings. The number of rotatable bonds is 2. The van der Waals surface area contributed by atoms with Crippen LogP contribution in [0.15, 0.2) is 42.7 Å². The highest BCUT2D eigenvalue weighted by atomic mass is 15.2. The van der Waals surface area contributed by atoms with Crippen molar-refractivity contribution in [2.45, 2.75) is 13.1 Å². The molecule has 2 aromatic heterocycles. The predicted molar refractivity (Wildman–Crippen MR) is 84.5 cm³/mol. The number of nitriles is 1. The Morgan fingerprint density at radius 2 is 1.65 bits per heavy atom. The van der Waals surface area contributed by atoms with Crippen molar-refractivity contribution >= 4 is 0 Å². The molecule has 23 heavy (non-hydrogen) atoms. The fourth-order valence-corrected chi connectivity index (χ4v) is 2.96. The first-order chi connectivity index (χ1) is 11.3. The van der Waals surface area contributed by atoms with Crippen molar-refractivity contribution in [1.82, 2.24) is 24.9 Å². The molecule has 0 saturated heterocycles. The maximum absolute atomic E-state index is 9.28. The SMILES string of the molecule is Cn1cc(-c2nnc(-c3ccccc3)c3c2CN(C#N)C3)cn1. The molecule has 0 unspecified atom stereocenters. The van der Waals surface area contributed by atoms with Crippen LogP contribution >= 0.6 is 0 Å². The lowest BCUT2D eigenvalue weighted by molar-refractivity contribution is 0.417. The summed E-state index contributed by atoms with van der Waals surface area (Å²) in [5.74, 6) is 0. The molecule has 0 amide bonds. The van der Waals surface area contributed by atoms with Gasteiger partial charge in [-0.25, -0.2) is 0 Å². The van der Waals surface area contributed by atoms with Crippen LogP contribution in [0.25, 0.3) is 22.5 Å². The zero-order valence-corrected chi connectivity index (χ0v) is 12.6. The zero-order chi connectivity index (χ0) is 15.8. The Balaban J connectivity index is 1.90. The normalized spacial score (nSPS) is 13.0. The number of nitrogens with zero attached hydrogens (tertiary/aromatic N) is 6. The molecule has 0 atom stereocenters. The maximum Gasteiger partial charge on any atom is 0.179 e. The number of fused-ring (bicyclic) bond motifs is 1. The van der Waals surface area contributed by atoms with Crippen molar-refractivity contribution in [3.63, 3.8) is 0 Å². The van der Waals surface area contributed by atoms with Crippen LogP contribution in [0.5, 0.6) is 0 Å². The topological polar surface area (TPSA) is 70.6 Å². The molecule has 112 valence electrons. The first kappa shape index (κ1) is 13.5. The largest absolute Gasteiger partial charge is 0.302 e. The standard InChI is InChI=1S/C17H14N6/c1-22-8-13(7-19-22)17-15-10-23(11-18)9-14(15)16(20-21-17)12-5-3-2-4-6-12/h2-8H,9-10H2,1H3. The van der Waals surface area contributed by atoms with Gasteiger partial charge in [0.2, 0.25) is 0 Å². The molecule has 0 aliphatic carbocycles. The van der Waals surface area contributed by atoms with E-state index in [2.05, 4.69) is 21.5 Å². The lowest BCUT2D eigenvalue weighted by Crippen LogP contribution is -2.07. The quantitative estimate of drug-likeness (QED) is 0.680. The Kier molecular flexibility index (Phi) is 3.05. The van der Waals surface area contributed by atoms with Crippen LogP contribution in [0.2, 0.25) is 0 Å². The van der Waals surface area contributed by atoms with E-state index < -0.39 is 0 Å². The zero-order valence-electron chi connectivity index (χ0n) is 12.6. The molecule has 0 saturated carbocycles. The van der Waals surface area contributed by atoms with Gasteiger partial charge in [0.15, 0.2) is 6.19 Å². The average Bonchev–Trinajstić information content (AvgIpc) is 3.21. The average molecular weight is 302 g/mol. The highest BCUT2D eigenvalue weighted by Gasteiger charge is 2.27. The van der Waals surface area contributed by atoms with Gasteiger partial charge in [-0.2, -0.15) is 10.4 Å². The van der Waals surface area contributed by atoms with Gasteiger partial charge in [-0.05, 0) is 0 Å². The van der Waals surface area contributed by atoms with Gasteiger partial charge in [0.05, 0.1) is 25.0 Å². The molecule has 4 rings (SSSR count). The van der Waals surface area contributed by atoms with Crippen molar-refractivity contribution < 1.29 is 0 Å². The molecular weight excluding hydrogens is 288 g/mol. The second kappa shape index (κ2) is 5.21. The van der Waals surface area contributed by atoms with Crippen LogP contribution in [-0.4, -0.2) is 24.9 Å². The van der Waals surface area contributed by atoms with Gasteiger partial charge < -0.3 is 4.90 Å². The van der Waals surface area contributed by atoms with E-state index in [9.17, 15) is 5.26 Å². The minimum absolute atomic E-state index is 0.561. The van der Waals surface area contributed by atoms with E-state index in [4.69, 9.17) is 0 Å². The van der Waals surface area contributed by atoms with Gasteiger partial charge in [-0.1, -0.05) is 30.3 Å². The number of benzene rings is 1. The van der Waals surface area contributed by atoms with E-state index in [1.165, 1.54) is 0 Å². The lowest BCUT2D eigenvalue weighted by Gasteiger charge is -2.08. The van der Waals surface area contributed by atoms with E-state index in [0.717, 1.165) is 33.6 Å². The number of hydrogen-bond donors (Lipinski definition) is 0. The van der Waals surface area contributed by atoms with Crippen LogP contribution in [0.1, 0.15) is 11.1 Å². The third-order valence-electron chi connectivity index (χ3n) is 4.05. The molecule has 3 heterocycles. The minimum atomic E-state index is 0.561. The van der Waals surface area contributed by atoms with Gasteiger partial charge in [-0.15, -0.1) is 10.2 Å². The molecule has 0 bridgehead atoms. The van der Waals surface area contributed by atoms with Crippen LogP contribution in [0.3, 0.4) is 0 Å². The molecule has 0 N–H and O–H groups in total. The molecule has 0 radical (unpaired) electrons. The van der Waals surface area contributed by atoms with Gasteiger partial charge in [-0.3, -0.25) is 4.68 Å². The van der Waals surface area contributed by atoms with E-state index in [-0.39, 0.29) is 0 Å². The third kappa shape index (κ3) is 2.23. The molecule has 1 aromatic carbocycles. The molecule has 1 aliphatic heterocycles. The summed E-state index contributed by atoms with van der Waals surface area (Å²) in [4.78, 5) is 1.72. The Morgan fingerprint density at radius 1 is 1.00 bits per heavy atom. The highest BCUT2D eigenvalue weighted by molar-refractivity contribution is 5.71. The lowest BCUT2D eigenvalue weighted by atomic mass is 10.0. The Hall–Kier alpha value is -3.20. The molecule has 1 aliphatic rings. The smallest absolute Gasteiger partial charge is 0.179 e. The summed E-state index contributed by atoms with van der Waals surface area (Å²) in [7, 11) is 1.87. The van der Waals surface area contributed by atoms with E-state index >= 15 is 0 Å². The van der Waals surface area contributed by atoms with Gasteiger partial charge in [0.25, 0.3) is 0 Å². The summed E-state index contributed by atoms with van der Waals surface area (Å²) in [5.41, 5.74) is 5.75. The van der Waals surface area contributed by atoms with Crippen molar-refractivity contribution in [2.75, 3.05) is 0 Å². The predicted octanol–water partition coefficient (Wildman–Crippen LogP) is 2.34. The minimum Gasteiger partial charge on any atom is -0.302 e. The first-order valence-corrected chi connectivity index (χ1v) is 7.34. The molecule has 6 nitrogen and oxygen atoms in total. The van der Waals surface area contributed by atoms with Crippen LogP contribution in [-0.2, 0) is 20.1 Å². The molecule has 0 spiro atoms. The Morgan fingerprint density at radius 3 is 2.22 bits per heavy atom. The third-order valence-corrected chi connectivity index (χ3v) is 4.05. The van der Waals surface area contributed by atoms with E-state index in [1.807, 2.05) is 43.6 Å². The second-order valence-electron chi connectivity index (χ2n) is 5.58. The van der Waals surface area contributed by atoms with E-state index in [1.54, 1.807) is 15.8 Å². The van der Waals surface area contributed by atoms with Crippen molar-refractivity contribution in [1.29, 1.82) is 5.26 Å². The van der Waals surface area contributed by atoms with E-state index in [0.29, 0.717) is 13.1 Å². The molecule has 6 heteroatoms. The second-order valence-corrected chi connectivity index (χ2v) is 5.58.